The van der Waals surface area contributed by atoms with Gasteiger partial charge in [-0.3, -0.25) is 0 Å². The minimum Gasteiger partial charge on any atom is -0.508 e. The van der Waals surface area contributed by atoms with Crippen LogP contribution in [-0.2, 0) is 25.4 Å². The van der Waals surface area contributed by atoms with Crippen LogP contribution in [0.2, 0.25) is 0 Å². The first-order valence-corrected chi connectivity index (χ1v) is 13.1. The number of phenols is 4. The first-order valence-electron chi connectivity index (χ1n) is 13.1. The third-order valence-electron chi connectivity index (χ3n) is 7.09. The van der Waals surface area contributed by atoms with E-state index in [4.69, 9.17) is 18.9 Å². The number of hydrogen-bond acceptors (Lipinski definition) is 12. The number of ether oxygens (including phenoxy) is 4. The molecule has 2 aliphatic rings. The highest BCUT2D eigenvalue weighted by Gasteiger charge is 2.49. The van der Waals surface area contributed by atoms with Gasteiger partial charge in [0.25, 0.3) is 0 Å². The average molecular weight is 583 g/mol. The van der Waals surface area contributed by atoms with Gasteiger partial charge in [0.05, 0.1) is 6.61 Å². The van der Waals surface area contributed by atoms with E-state index in [0.29, 0.717) is 5.56 Å². The Hall–Kier alpha value is -4.33. The maximum atomic E-state index is 12.6. The standard InChI is InChI=1S/C30H30O12/c31-14-24-26(37)29(42-25(36)9-6-15-4-2-1-3-5-15)27(38)30(41-24)40-23-13-18-20(34)11-17(32)12-22(18)39-28(23)16-7-8-19(33)21(35)10-16/h1-12,23-24,26-35,37-38H,13-14H2/b9-6+/t23-,24-,26-,27?,28-,29?,30-/m1/s1. The molecule has 12 nitrogen and oxygen atoms in total. The van der Waals surface area contributed by atoms with Gasteiger partial charge in [-0.1, -0.05) is 36.4 Å². The van der Waals surface area contributed by atoms with Crippen molar-refractivity contribution in [1.82, 2.24) is 0 Å². The lowest BCUT2D eigenvalue weighted by Crippen LogP contribution is -2.61. The number of carbonyl (C=O) groups is 1. The Balaban J connectivity index is 1.40. The summed E-state index contributed by atoms with van der Waals surface area (Å²) in [5.41, 5.74) is 1.33. The summed E-state index contributed by atoms with van der Waals surface area (Å²) in [6.07, 6.45) is -7.17. The molecule has 1 saturated heterocycles. The molecule has 7 atom stereocenters. The minimum atomic E-state index is -1.72. The number of carbonyl (C=O) groups excluding carboxylic acids is 1. The van der Waals surface area contributed by atoms with Crippen LogP contribution in [-0.4, -0.2) is 85.1 Å². The fourth-order valence-corrected chi connectivity index (χ4v) is 4.95. The van der Waals surface area contributed by atoms with E-state index >= 15 is 0 Å². The monoisotopic (exact) mass is 582 g/mol. The number of benzene rings is 3. The Morgan fingerprint density at radius 3 is 2.40 bits per heavy atom. The third-order valence-corrected chi connectivity index (χ3v) is 7.09. The van der Waals surface area contributed by atoms with Crippen LogP contribution in [0.1, 0.15) is 22.8 Å². The average Bonchev–Trinajstić information content (AvgIpc) is 2.97. The summed E-state index contributed by atoms with van der Waals surface area (Å²) in [6, 6.07) is 15.3. The Bertz CT molecular complexity index is 1440. The quantitative estimate of drug-likeness (QED) is 0.121. The van der Waals surface area contributed by atoms with Crippen molar-refractivity contribution in [3.05, 3.63) is 83.4 Å². The fourth-order valence-electron chi connectivity index (χ4n) is 4.95. The highest BCUT2D eigenvalue weighted by Crippen LogP contribution is 2.44. The number of fused-ring (bicyclic) bond motifs is 1. The molecular weight excluding hydrogens is 552 g/mol. The topological polar surface area (TPSA) is 196 Å². The Morgan fingerprint density at radius 1 is 0.929 bits per heavy atom. The number of phenolic OH excluding ortho intramolecular Hbond substituents is 4. The van der Waals surface area contributed by atoms with E-state index in [9.17, 15) is 40.5 Å². The van der Waals surface area contributed by atoms with Crippen LogP contribution in [0.4, 0.5) is 0 Å². The molecule has 0 spiro atoms. The number of esters is 1. The van der Waals surface area contributed by atoms with Gasteiger partial charge >= 0.3 is 5.97 Å². The number of aliphatic hydroxyl groups is 3. The molecular formula is C30H30O12. The lowest BCUT2D eigenvalue weighted by atomic mass is 9.93. The predicted octanol–water partition coefficient (Wildman–Crippen LogP) is 1.63. The van der Waals surface area contributed by atoms with E-state index in [-0.39, 0.29) is 35.0 Å². The number of rotatable bonds is 7. The van der Waals surface area contributed by atoms with Crippen molar-refractivity contribution in [2.45, 2.75) is 49.3 Å². The number of aliphatic hydroxyl groups excluding tert-OH is 3. The summed E-state index contributed by atoms with van der Waals surface area (Å²) < 4.78 is 23.1. The lowest BCUT2D eigenvalue weighted by Gasteiger charge is -2.43. The largest absolute Gasteiger partial charge is 0.508 e. The van der Waals surface area contributed by atoms with E-state index in [1.54, 1.807) is 24.3 Å². The molecule has 3 aromatic carbocycles. The van der Waals surface area contributed by atoms with Crippen LogP contribution in [0.3, 0.4) is 0 Å². The molecule has 42 heavy (non-hydrogen) atoms. The SMILES string of the molecule is O=C(/C=C/c1ccccc1)OC1C(O)[C@H](O[C@@H]2Cc3c(O)cc(O)cc3O[C@@H]2c2ccc(O)c(O)c2)O[C@H](CO)[C@H]1O. The van der Waals surface area contributed by atoms with E-state index < -0.39 is 61.2 Å². The highest BCUT2D eigenvalue weighted by atomic mass is 16.7. The summed E-state index contributed by atoms with van der Waals surface area (Å²) in [6.45, 7) is -0.693. The molecule has 222 valence electrons. The number of aromatic hydroxyl groups is 4. The maximum Gasteiger partial charge on any atom is 0.331 e. The Morgan fingerprint density at radius 2 is 1.69 bits per heavy atom. The van der Waals surface area contributed by atoms with Gasteiger partial charge in [-0.05, 0) is 29.3 Å². The molecule has 2 heterocycles. The van der Waals surface area contributed by atoms with E-state index in [1.807, 2.05) is 6.07 Å². The van der Waals surface area contributed by atoms with Crippen molar-refractivity contribution in [2.24, 2.45) is 0 Å². The summed E-state index contributed by atoms with van der Waals surface area (Å²) in [7, 11) is 0. The van der Waals surface area contributed by atoms with Gasteiger partial charge in [-0.25, -0.2) is 4.79 Å². The first-order chi connectivity index (χ1) is 20.1. The van der Waals surface area contributed by atoms with Gasteiger partial charge in [0.2, 0.25) is 0 Å². The Kier molecular flexibility index (Phi) is 8.52. The Labute approximate surface area is 239 Å². The van der Waals surface area contributed by atoms with Crippen molar-refractivity contribution in [3.63, 3.8) is 0 Å². The lowest BCUT2D eigenvalue weighted by molar-refractivity contribution is -0.318. The van der Waals surface area contributed by atoms with Crippen molar-refractivity contribution in [3.8, 4) is 28.7 Å². The van der Waals surface area contributed by atoms with Gasteiger partial charge in [-0.2, -0.15) is 0 Å². The second-order valence-electron chi connectivity index (χ2n) is 9.96. The zero-order valence-electron chi connectivity index (χ0n) is 22.1. The van der Waals surface area contributed by atoms with E-state index in [1.165, 1.54) is 30.3 Å². The predicted molar refractivity (Wildman–Crippen MR) is 145 cm³/mol. The van der Waals surface area contributed by atoms with Crippen LogP contribution in [0, 0.1) is 0 Å². The molecule has 0 saturated carbocycles. The summed E-state index contributed by atoms with van der Waals surface area (Å²) in [5.74, 6) is -2.08. The molecule has 5 rings (SSSR count). The van der Waals surface area contributed by atoms with Gasteiger partial charge < -0.3 is 54.7 Å². The van der Waals surface area contributed by atoms with Gasteiger partial charge in [0.1, 0.15) is 41.7 Å². The first kappa shape index (κ1) is 29.2. The highest BCUT2D eigenvalue weighted by molar-refractivity contribution is 5.87. The molecule has 0 aliphatic carbocycles. The molecule has 12 heteroatoms. The number of hydrogen-bond donors (Lipinski definition) is 7. The fraction of sp³-hybridized carbons (Fsp3) is 0.300. The van der Waals surface area contributed by atoms with Crippen LogP contribution in [0.5, 0.6) is 28.7 Å². The summed E-state index contributed by atoms with van der Waals surface area (Å²) >= 11 is 0. The normalized spacial score (nSPS) is 27.3. The summed E-state index contributed by atoms with van der Waals surface area (Å²) in [4.78, 5) is 12.6. The molecule has 2 aliphatic heterocycles. The van der Waals surface area contributed by atoms with Gasteiger partial charge in [0.15, 0.2) is 30.0 Å². The van der Waals surface area contributed by atoms with Gasteiger partial charge in [0, 0.05) is 30.2 Å². The van der Waals surface area contributed by atoms with Crippen molar-refractivity contribution in [2.75, 3.05) is 6.61 Å². The smallest absolute Gasteiger partial charge is 0.331 e. The molecule has 0 amide bonds. The molecule has 0 aromatic heterocycles. The van der Waals surface area contributed by atoms with E-state index in [2.05, 4.69) is 0 Å². The van der Waals surface area contributed by atoms with Crippen LogP contribution < -0.4 is 4.74 Å². The zero-order chi connectivity index (χ0) is 30.0. The second kappa shape index (κ2) is 12.3. The molecule has 1 fully saturated rings. The second-order valence-corrected chi connectivity index (χ2v) is 9.96. The molecule has 0 bridgehead atoms. The molecule has 2 unspecified atom stereocenters. The third kappa shape index (κ3) is 6.12. The zero-order valence-corrected chi connectivity index (χ0v) is 22.1. The maximum absolute atomic E-state index is 12.6. The van der Waals surface area contributed by atoms with Crippen LogP contribution >= 0.6 is 0 Å². The summed E-state index contributed by atoms with van der Waals surface area (Å²) in [5, 5.41) is 72.0. The van der Waals surface area contributed by atoms with Crippen LogP contribution in [0.15, 0.2) is 66.7 Å². The van der Waals surface area contributed by atoms with Gasteiger partial charge in [-0.15, -0.1) is 0 Å². The molecule has 7 N–H and O–H groups in total. The van der Waals surface area contributed by atoms with Crippen molar-refractivity contribution >= 4 is 12.0 Å². The van der Waals surface area contributed by atoms with E-state index in [0.717, 1.165) is 17.7 Å². The van der Waals surface area contributed by atoms with Crippen LogP contribution in [0.25, 0.3) is 6.08 Å². The minimum absolute atomic E-state index is 0.0308. The van der Waals surface area contributed by atoms with Crippen molar-refractivity contribution < 1.29 is 59.5 Å². The molecule has 3 aromatic rings. The molecule has 0 radical (unpaired) electrons. The van der Waals surface area contributed by atoms with Crippen molar-refractivity contribution in [1.29, 1.82) is 0 Å².